The second-order valence-corrected chi connectivity index (χ2v) is 7.69. The fraction of sp³-hybridized carbons (Fsp3) is 0.455. The lowest BCUT2D eigenvalue weighted by Crippen LogP contribution is -2.51. The maximum Gasteiger partial charge on any atom is 0.407 e. The molecular formula is C22H28N6O3. The molecule has 0 spiro atoms. The van der Waals surface area contributed by atoms with Crippen LogP contribution in [-0.2, 0) is 16.1 Å². The van der Waals surface area contributed by atoms with E-state index in [0.29, 0.717) is 26.2 Å². The summed E-state index contributed by atoms with van der Waals surface area (Å²) in [6.07, 6.45) is 3.58. The Hall–Kier alpha value is -3.36. The van der Waals surface area contributed by atoms with Gasteiger partial charge in [-0.3, -0.25) is 4.79 Å². The van der Waals surface area contributed by atoms with Crippen molar-refractivity contribution in [2.75, 3.05) is 55.6 Å². The highest BCUT2D eigenvalue weighted by Gasteiger charge is 2.23. The molecule has 164 valence electrons. The smallest absolute Gasteiger partial charge is 0.407 e. The number of amides is 2. The minimum atomic E-state index is -0.591. The number of benzene rings is 1. The molecule has 2 aliphatic heterocycles. The van der Waals surface area contributed by atoms with Crippen LogP contribution in [0.25, 0.3) is 0 Å². The van der Waals surface area contributed by atoms with Crippen molar-refractivity contribution in [2.45, 2.75) is 19.4 Å². The summed E-state index contributed by atoms with van der Waals surface area (Å²) < 4.78 is 5.15. The van der Waals surface area contributed by atoms with Crippen molar-refractivity contribution in [2.24, 2.45) is 0 Å². The molecule has 0 atom stereocenters. The molecule has 4 rings (SSSR count). The first-order chi connectivity index (χ1) is 15.2. The second kappa shape index (κ2) is 10.1. The number of rotatable bonds is 6. The van der Waals surface area contributed by atoms with E-state index in [1.807, 2.05) is 36.4 Å². The molecule has 2 fully saturated rings. The highest BCUT2D eigenvalue weighted by atomic mass is 16.5. The molecule has 2 amide bonds. The van der Waals surface area contributed by atoms with Crippen LogP contribution in [-0.4, -0.2) is 72.7 Å². The van der Waals surface area contributed by atoms with Gasteiger partial charge in [-0.05, 0) is 24.5 Å². The summed E-state index contributed by atoms with van der Waals surface area (Å²) in [5, 5.41) is 2.54. The van der Waals surface area contributed by atoms with Gasteiger partial charge < -0.3 is 24.8 Å². The second-order valence-electron chi connectivity index (χ2n) is 7.69. The van der Waals surface area contributed by atoms with E-state index in [0.717, 1.165) is 30.4 Å². The van der Waals surface area contributed by atoms with Gasteiger partial charge in [-0.1, -0.05) is 30.3 Å². The van der Waals surface area contributed by atoms with E-state index < -0.39 is 6.09 Å². The average molecular weight is 425 g/mol. The predicted molar refractivity (Wildman–Crippen MR) is 117 cm³/mol. The van der Waals surface area contributed by atoms with Gasteiger partial charge in [0.1, 0.15) is 19.0 Å². The summed E-state index contributed by atoms with van der Waals surface area (Å²) in [6.45, 7) is 4.68. The molecule has 1 N–H and O–H groups in total. The minimum Gasteiger partial charge on any atom is -0.445 e. The van der Waals surface area contributed by atoms with Crippen LogP contribution in [0.3, 0.4) is 0 Å². The molecule has 9 nitrogen and oxygen atoms in total. The van der Waals surface area contributed by atoms with Gasteiger partial charge in [-0.15, -0.1) is 0 Å². The van der Waals surface area contributed by atoms with Crippen LogP contribution in [0.15, 0.2) is 42.6 Å². The Morgan fingerprint density at radius 1 is 0.935 bits per heavy atom. The molecule has 31 heavy (non-hydrogen) atoms. The SMILES string of the molecule is O=C(NCC(=O)N1CCN(c2ccnc(N3CCCC3)n2)CC1)OCc1ccccc1. The molecule has 2 aromatic rings. The first kappa shape index (κ1) is 20.9. The lowest BCUT2D eigenvalue weighted by molar-refractivity contribution is -0.130. The Labute approximate surface area is 182 Å². The summed E-state index contributed by atoms with van der Waals surface area (Å²) in [5.74, 6) is 1.56. The van der Waals surface area contributed by atoms with Crippen molar-refractivity contribution in [3.05, 3.63) is 48.2 Å². The fourth-order valence-corrected chi connectivity index (χ4v) is 3.80. The van der Waals surface area contributed by atoms with Crippen LogP contribution in [0.2, 0.25) is 0 Å². The number of ether oxygens (including phenoxy) is 1. The van der Waals surface area contributed by atoms with Gasteiger partial charge in [0.25, 0.3) is 0 Å². The number of piperazine rings is 1. The molecule has 9 heteroatoms. The minimum absolute atomic E-state index is 0.0692. The van der Waals surface area contributed by atoms with Gasteiger partial charge in [0.2, 0.25) is 11.9 Å². The Balaban J connectivity index is 1.20. The van der Waals surface area contributed by atoms with Gasteiger partial charge in [-0.25, -0.2) is 9.78 Å². The Kier molecular flexibility index (Phi) is 6.81. The van der Waals surface area contributed by atoms with Crippen LogP contribution in [0.1, 0.15) is 18.4 Å². The normalized spacial score (nSPS) is 16.3. The maximum atomic E-state index is 12.5. The Morgan fingerprint density at radius 3 is 2.42 bits per heavy atom. The highest BCUT2D eigenvalue weighted by molar-refractivity contribution is 5.82. The Morgan fingerprint density at radius 2 is 1.68 bits per heavy atom. The molecule has 3 heterocycles. The molecule has 2 saturated heterocycles. The molecule has 0 saturated carbocycles. The zero-order valence-corrected chi connectivity index (χ0v) is 17.6. The third-order valence-corrected chi connectivity index (χ3v) is 5.57. The van der Waals surface area contributed by atoms with E-state index in [1.54, 1.807) is 11.1 Å². The summed E-state index contributed by atoms with van der Waals surface area (Å²) in [4.78, 5) is 39.6. The van der Waals surface area contributed by atoms with Gasteiger partial charge in [0.05, 0.1) is 0 Å². The molecule has 1 aromatic carbocycles. The van der Waals surface area contributed by atoms with Gasteiger partial charge >= 0.3 is 6.09 Å². The molecule has 2 aliphatic rings. The van der Waals surface area contributed by atoms with Crippen LogP contribution in [0, 0.1) is 0 Å². The number of nitrogens with zero attached hydrogens (tertiary/aromatic N) is 5. The van der Waals surface area contributed by atoms with E-state index in [4.69, 9.17) is 9.72 Å². The van der Waals surface area contributed by atoms with E-state index in [9.17, 15) is 9.59 Å². The lowest BCUT2D eigenvalue weighted by atomic mass is 10.2. The quantitative estimate of drug-likeness (QED) is 0.754. The number of alkyl carbamates (subject to hydrolysis) is 1. The van der Waals surface area contributed by atoms with Crippen molar-refractivity contribution in [3.63, 3.8) is 0 Å². The van der Waals surface area contributed by atoms with Crippen molar-refractivity contribution in [1.29, 1.82) is 0 Å². The number of aromatic nitrogens is 2. The van der Waals surface area contributed by atoms with Crippen molar-refractivity contribution in [1.82, 2.24) is 20.2 Å². The van der Waals surface area contributed by atoms with E-state index in [1.165, 1.54) is 12.8 Å². The van der Waals surface area contributed by atoms with Gasteiger partial charge in [0.15, 0.2) is 0 Å². The zero-order valence-electron chi connectivity index (χ0n) is 17.6. The lowest BCUT2D eigenvalue weighted by Gasteiger charge is -2.35. The summed E-state index contributed by atoms with van der Waals surface area (Å²) in [6, 6.07) is 11.3. The zero-order chi connectivity index (χ0) is 21.5. The van der Waals surface area contributed by atoms with E-state index in [2.05, 4.69) is 20.1 Å². The van der Waals surface area contributed by atoms with E-state index >= 15 is 0 Å². The maximum absolute atomic E-state index is 12.5. The molecule has 1 aromatic heterocycles. The van der Waals surface area contributed by atoms with Crippen LogP contribution < -0.4 is 15.1 Å². The highest BCUT2D eigenvalue weighted by Crippen LogP contribution is 2.20. The third kappa shape index (κ3) is 5.62. The number of hydrogen-bond acceptors (Lipinski definition) is 7. The standard InChI is InChI=1S/C22H28N6O3/c29-20(16-24-22(30)31-17-18-6-2-1-3-7-18)27-14-12-26(13-15-27)19-8-9-23-21(25-19)28-10-4-5-11-28/h1-3,6-9H,4-5,10-17H2,(H,24,30). The predicted octanol–water partition coefficient (Wildman–Crippen LogP) is 1.65. The van der Waals surface area contributed by atoms with Crippen LogP contribution >= 0.6 is 0 Å². The summed E-state index contributed by atoms with van der Waals surface area (Å²) >= 11 is 0. The van der Waals surface area contributed by atoms with Crippen molar-refractivity contribution < 1.29 is 14.3 Å². The van der Waals surface area contributed by atoms with Crippen LogP contribution in [0.5, 0.6) is 0 Å². The molecule has 0 unspecified atom stereocenters. The van der Waals surface area contributed by atoms with Crippen molar-refractivity contribution in [3.8, 4) is 0 Å². The van der Waals surface area contributed by atoms with Crippen molar-refractivity contribution >= 4 is 23.8 Å². The Bertz CT molecular complexity index is 880. The molecule has 0 aliphatic carbocycles. The number of carbonyl (C=O) groups is 2. The first-order valence-electron chi connectivity index (χ1n) is 10.7. The number of hydrogen-bond donors (Lipinski definition) is 1. The molecular weight excluding hydrogens is 396 g/mol. The van der Waals surface area contributed by atoms with Crippen LogP contribution in [0.4, 0.5) is 16.6 Å². The van der Waals surface area contributed by atoms with Gasteiger partial charge in [-0.2, -0.15) is 4.98 Å². The number of carbonyl (C=O) groups excluding carboxylic acids is 2. The summed E-state index contributed by atoms with van der Waals surface area (Å²) in [5.41, 5.74) is 0.901. The summed E-state index contributed by atoms with van der Waals surface area (Å²) in [7, 11) is 0. The van der Waals surface area contributed by atoms with E-state index in [-0.39, 0.29) is 19.1 Å². The van der Waals surface area contributed by atoms with Gasteiger partial charge in [0, 0.05) is 45.5 Å². The number of anilines is 2. The average Bonchev–Trinajstić information content (AvgIpc) is 3.37. The fourth-order valence-electron chi connectivity index (χ4n) is 3.80. The number of nitrogens with one attached hydrogen (secondary N) is 1. The molecule has 0 radical (unpaired) electrons. The monoisotopic (exact) mass is 424 g/mol. The largest absolute Gasteiger partial charge is 0.445 e. The third-order valence-electron chi connectivity index (χ3n) is 5.57. The molecule has 0 bridgehead atoms. The first-order valence-corrected chi connectivity index (χ1v) is 10.7. The topological polar surface area (TPSA) is 90.9 Å².